The molecule has 53 heavy (non-hydrogen) atoms. The van der Waals surface area contributed by atoms with Crippen LogP contribution in [0.25, 0.3) is 0 Å². The van der Waals surface area contributed by atoms with Crippen molar-refractivity contribution < 1.29 is 23.7 Å². The Hall–Kier alpha value is -1.21. The Balaban J connectivity index is 4.24. The topological polar surface area (TPSA) is 57.2 Å². The first kappa shape index (κ1) is 51.8. The fourth-order valence-corrected chi connectivity index (χ4v) is 6.39. The molecule has 0 aliphatic heterocycles. The number of ether oxygens (including phenoxy) is 4. The van der Waals surface area contributed by atoms with Gasteiger partial charge in [0.05, 0.1) is 19.3 Å². The van der Waals surface area contributed by atoms with E-state index in [9.17, 15) is 4.79 Å². The number of esters is 1. The molecule has 0 saturated carbocycles. The van der Waals surface area contributed by atoms with Gasteiger partial charge in [-0.15, -0.1) is 0 Å². The van der Waals surface area contributed by atoms with Gasteiger partial charge in [-0.25, -0.2) is 0 Å². The monoisotopic (exact) mass is 750 g/mol. The average molecular weight is 750 g/mol. The van der Waals surface area contributed by atoms with Gasteiger partial charge in [-0.3, -0.25) is 4.79 Å². The molecule has 0 aliphatic carbocycles. The highest BCUT2D eigenvalue weighted by atomic mass is 16.8. The maximum Gasteiger partial charge on any atom is 0.305 e. The van der Waals surface area contributed by atoms with Gasteiger partial charge in [-0.05, 0) is 97.7 Å². The van der Waals surface area contributed by atoms with E-state index >= 15 is 0 Å². The molecule has 0 spiro atoms. The molecule has 0 aliphatic rings. The van der Waals surface area contributed by atoms with E-state index in [0.717, 1.165) is 45.1 Å². The number of rotatable bonds is 43. The maximum absolute atomic E-state index is 12.3. The van der Waals surface area contributed by atoms with Crippen LogP contribution in [0, 0.1) is 0 Å². The first-order chi connectivity index (χ1) is 26.0. The van der Waals surface area contributed by atoms with Gasteiger partial charge in [0, 0.05) is 6.42 Å². The summed E-state index contributed by atoms with van der Waals surface area (Å²) in [6.45, 7) is 8.27. The minimum atomic E-state index is -0.710. The van der Waals surface area contributed by atoms with Gasteiger partial charge in [0.1, 0.15) is 6.61 Å². The quantitative estimate of drug-likeness (QED) is 0.0268. The van der Waals surface area contributed by atoms with Crippen LogP contribution >= 0.6 is 0 Å². The second-order valence-electron chi connectivity index (χ2n) is 15.7. The second kappa shape index (κ2) is 43.5. The molecule has 0 aromatic heterocycles. The molecular weight excluding hydrogens is 659 g/mol. The summed E-state index contributed by atoms with van der Waals surface area (Å²) in [6, 6.07) is 0. The Kier molecular flexibility index (Phi) is 42.5. The zero-order valence-electron chi connectivity index (χ0n) is 36.2. The number of unbranched alkanes of at least 4 members (excludes halogenated alkanes) is 24. The summed E-state index contributed by atoms with van der Waals surface area (Å²) >= 11 is 0. The van der Waals surface area contributed by atoms with Crippen molar-refractivity contribution >= 4 is 5.97 Å². The number of carbonyl (C=O) groups excluding carboxylic acids is 1. The van der Waals surface area contributed by atoms with Crippen molar-refractivity contribution in [2.24, 2.45) is 0 Å². The predicted octanol–water partition coefficient (Wildman–Crippen LogP) is 14.1. The Labute approximate surface area is 331 Å². The second-order valence-corrected chi connectivity index (χ2v) is 15.7. The Morgan fingerprint density at radius 3 is 1.26 bits per heavy atom. The summed E-state index contributed by atoms with van der Waals surface area (Å²) in [5.74, 6) is -0.166. The van der Waals surface area contributed by atoms with Crippen LogP contribution in [0.4, 0.5) is 0 Å². The molecule has 0 aromatic carbocycles. The maximum atomic E-state index is 12.3. The highest BCUT2D eigenvalue weighted by molar-refractivity contribution is 5.69. The standard InChI is InChI=1S/C47H91NO5/c1-6-9-11-13-15-17-19-21-23-25-27-29-31-33-35-37-42-50-47(53-45(8-3)44-52-46(49)40-39-41-48(4)5)51-43-38-36-34-32-30-28-26-24-22-20-18-16-14-12-10-7-2/h21-24,45,47H,6-20,25-44H2,1-5H3/b23-21-,24-22-. The minimum absolute atomic E-state index is 0.166. The van der Waals surface area contributed by atoms with Crippen LogP contribution in [0.1, 0.15) is 220 Å². The first-order valence-corrected chi connectivity index (χ1v) is 23.0. The van der Waals surface area contributed by atoms with Crippen LogP contribution in [0.3, 0.4) is 0 Å². The molecule has 6 heteroatoms. The van der Waals surface area contributed by atoms with Gasteiger partial charge in [0.15, 0.2) is 0 Å². The molecule has 0 rings (SSSR count). The molecule has 0 saturated heterocycles. The zero-order valence-corrected chi connectivity index (χ0v) is 36.2. The van der Waals surface area contributed by atoms with Crippen LogP contribution in [0.15, 0.2) is 24.3 Å². The largest absolute Gasteiger partial charge is 0.463 e. The summed E-state index contributed by atoms with van der Waals surface area (Å²) in [5.41, 5.74) is 0. The van der Waals surface area contributed by atoms with E-state index < -0.39 is 6.48 Å². The van der Waals surface area contributed by atoms with Gasteiger partial charge in [-0.2, -0.15) is 0 Å². The lowest BCUT2D eigenvalue weighted by molar-refractivity contribution is -0.308. The van der Waals surface area contributed by atoms with E-state index in [1.165, 1.54) is 154 Å². The summed E-state index contributed by atoms with van der Waals surface area (Å²) in [4.78, 5) is 14.3. The first-order valence-electron chi connectivity index (χ1n) is 23.0. The molecular formula is C47H91NO5. The van der Waals surface area contributed by atoms with E-state index in [2.05, 4.69) is 50.0 Å². The minimum Gasteiger partial charge on any atom is -0.463 e. The fraction of sp³-hybridized carbons (Fsp3) is 0.894. The van der Waals surface area contributed by atoms with Crippen molar-refractivity contribution in [2.45, 2.75) is 232 Å². The summed E-state index contributed by atoms with van der Waals surface area (Å²) in [6.07, 6.45) is 47.4. The molecule has 0 heterocycles. The van der Waals surface area contributed by atoms with Crippen LogP contribution < -0.4 is 0 Å². The van der Waals surface area contributed by atoms with Crippen molar-refractivity contribution in [3.63, 3.8) is 0 Å². The smallest absolute Gasteiger partial charge is 0.305 e. The number of nitrogens with zero attached hydrogens (tertiary/aromatic N) is 1. The van der Waals surface area contributed by atoms with Crippen LogP contribution in [0.5, 0.6) is 0 Å². The number of hydrogen-bond acceptors (Lipinski definition) is 6. The SMILES string of the molecule is CCCCCCCC/C=C\CCCCCCCCOC(OCCCCCCCC/C=C\CCCCCCCC)OC(CC)COC(=O)CCCN(C)C. The third-order valence-electron chi connectivity index (χ3n) is 10.00. The van der Waals surface area contributed by atoms with Crippen LogP contribution in [0.2, 0.25) is 0 Å². The van der Waals surface area contributed by atoms with Crippen LogP contribution in [-0.4, -0.2) is 63.9 Å². The van der Waals surface area contributed by atoms with E-state index in [1.54, 1.807) is 0 Å². The predicted molar refractivity (Wildman–Crippen MR) is 229 cm³/mol. The fourth-order valence-electron chi connectivity index (χ4n) is 6.39. The van der Waals surface area contributed by atoms with E-state index in [-0.39, 0.29) is 18.7 Å². The van der Waals surface area contributed by atoms with Crippen molar-refractivity contribution in [2.75, 3.05) is 40.5 Å². The molecule has 0 bridgehead atoms. The highest BCUT2D eigenvalue weighted by Gasteiger charge is 2.19. The lowest BCUT2D eigenvalue weighted by Gasteiger charge is -2.24. The van der Waals surface area contributed by atoms with Crippen molar-refractivity contribution in [1.82, 2.24) is 4.90 Å². The van der Waals surface area contributed by atoms with Gasteiger partial charge < -0.3 is 23.8 Å². The van der Waals surface area contributed by atoms with Crippen LogP contribution in [-0.2, 0) is 23.7 Å². The van der Waals surface area contributed by atoms with Gasteiger partial charge in [0.2, 0.25) is 0 Å². The molecule has 1 atom stereocenters. The molecule has 0 radical (unpaired) electrons. The Morgan fingerprint density at radius 1 is 0.509 bits per heavy atom. The third-order valence-corrected chi connectivity index (χ3v) is 10.00. The van der Waals surface area contributed by atoms with Crippen molar-refractivity contribution in [3.8, 4) is 0 Å². The average Bonchev–Trinajstić information content (AvgIpc) is 3.15. The molecule has 1 unspecified atom stereocenters. The highest BCUT2D eigenvalue weighted by Crippen LogP contribution is 2.14. The molecule has 6 nitrogen and oxygen atoms in total. The summed E-state index contributed by atoms with van der Waals surface area (Å²) in [7, 11) is 4.03. The molecule has 0 fully saturated rings. The van der Waals surface area contributed by atoms with E-state index in [0.29, 0.717) is 19.6 Å². The summed E-state index contributed by atoms with van der Waals surface area (Å²) < 4.78 is 24.0. The Morgan fingerprint density at radius 2 is 0.887 bits per heavy atom. The number of hydrogen-bond donors (Lipinski definition) is 0. The number of allylic oxidation sites excluding steroid dienone is 4. The molecule has 0 N–H and O–H groups in total. The van der Waals surface area contributed by atoms with E-state index in [1.807, 2.05) is 14.1 Å². The summed E-state index contributed by atoms with van der Waals surface area (Å²) in [5, 5.41) is 0. The third kappa shape index (κ3) is 41.8. The van der Waals surface area contributed by atoms with Gasteiger partial charge in [-0.1, -0.05) is 161 Å². The lowest BCUT2D eigenvalue weighted by Crippen LogP contribution is -2.31. The molecule has 314 valence electrons. The van der Waals surface area contributed by atoms with E-state index in [4.69, 9.17) is 18.9 Å². The van der Waals surface area contributed by atoms with Gasteiger partial charge >= 0.3 is 5.97 Å². The zero-order chi connectivity index (χ0) is 38.7. The number of carbonyl (C=O) groups is 1. The van der Waals surface area contributed by atoms with Gasteiger partial charge in [0.25, 0.3) is 6.48 Å². The molecule has 0 aromatic rings. The normalized spacial score (nSPS) is 12.7. The Bertz CT molecular complexity index is 741. The lowest BCUT2D eigenvalue weighted by atomic mass is 10.1. The molecule has 0 amide bonds. The van der Waals surface area contributed by atoms with Crippen molar-refractivity contribution in [1.29, 1.82) is 0 Å². The van der Waals surface area contributed by atoms with Crippen molar-refractivity contribution in [3.05, 3.63) is 24.3 Å².